The second kappa shape index (κ2) is 9.58. The molecule has 6 nitrogen and oxygen atoms in total. The minimum atomic E-state index is -0.808. The Morgan fingerprint density at radius 1 is 0.864 bits per heavy atom. The fraction of sp³-hybridized carbons (Fsp3) is 0.750. The molecule has 0 aliphatic heterocycles. The Bertz CT molecular complexity index is 354. The number of hydrogen-bond donors (Lipinski definition) is 4. The number of hydrogen-bond acceptors (Lipinski definition) is 4. The molecule has 22 heavy (non-hydrogen) atoms. The van der Waals surface area contributed by atoms with Gasteiger partial charge in [-0.15, -0.1) is 0 Å². The highest BCUT2D eigenvalue weighted by molar-refractivity contribution is 5.85. The molecule has 0 aromatic heterocycles. The summed E-state index contributed by atoms with van der Waals surface area (Å²) >= 11 is 0. The average Bonchev–Trinajstić information content (AvgIpc) is 2.47. The topological polar surface area (TPSA) is 110 Å². The summed E-state index contributed by atoms with van der Waals surface area (Å²) in [6, 6.07) is 0. The minimum Gasteiger partial charge on any atom is -0.358 e. The van der Waals surface area contributed by atoms with Crippen LogP contribution in [0, 0.1) is 0 Å². The molecule has 0 aliphatic rings. The van der Waals surface area contributed by atoms with Gasteiger partial charge in [0.1, 0.15) is 0 Å². The maximum absolute atomic E-state index is 11.5. The van der Waals surface area contributed by atoms with Crippen molar-refractivity contribution in [2.75, 3.05) is 14.1 Å². The lowest BCUT2D eigenvalue weighted by atomic mass is 9.94. The highest BCUT2D eigenvalue weighted by Crippen LogP contribution is 2.13. The van der Waals surface area contributed by atoms with E-state index >= 15 is 0 Å². The maximum atomic E-state index is 11.5. The van der Waals surface area contributed by atoms with Crippen LogP contribution in [0.3, 0.4) is 0 Å². The number of nitrogens with one attached hydrogen (secondary N) is 2. The Balaban J connectivity index is 3.86. The van der Waals surface area contributed by atoms with Gasteiger partial charge in [0.05, 0.1) is 11.1 Å². The molecule has 0 aromatic rings. The van der Waals surface area contributed by atoms with E-state index in [-0.39, 0.29) is 11.8 Å². The molecule has 128 valence electrons. The van der Waals surface area contributed by atoms with E-state index in [0.717, 1.165) is 25.7 Å². The standard InChI is InChI=1S/C16H32N4O2/c1-15(17,13(21)19-3)11-9-7-5-6-8-10-12-16(2,18)14(22)20-4/h5-6H,7-12,17-18H2,1-4H3,(H,19,21)(H,20,22)/b6-5+/t15-,16-/m0/s1. The SMILES string of the molecule is CNC(=O)[C@@](C)(N)CCC/C=C/CCC[C@](C)(N)C(=O)NC. The van der Waals surface area contributed by atoms with Crippen LogP contribution in [0.4, 0.5) is 0 Å². The summed E-state index contributed by atoms with van der Waals surface area (Å²) in [6.45, 7) is 3.49. The summed E-state index contributed by atoms with van der Waals surface area (Å²) in [5, 5.41) is 5.15. The van der Waals surface area contributed by atoms with Gasteiger partial charge in [-0.05, 0) is 52.4 Å². The van der Waals surface area contributed by atoms with Crippen molar-refractivity contribution < 1.29 is 9.59 Å². The van der Waals surface area contributed by atoms with E-state index in [0.29, 0.717) is 12.8 Å². The Kier molecular flexibility index (Phi) is 8.97. The molecule has 0 aromatic carbocycles. The molecule has 0 rings (SSSR count). The first-order valence-corrected chi connectivity index (χ1v) is 7.84. The number of carbonyl (C=O) groups is 2. The highest BCUT2D eigenvalue weighted by Gasteiger charge is 2.26. The summed E-state index contributed by atoms with van der Waals surface area (Å²) in [5.41, 5.74) is 10.3. The molecule has 0 fully saturated rings. The lowest BCUT2D eigenvalue weighted by molar-refractivity contribution is -0.126. The molecule has 6 heteroatoms. The Morgan fingerprint density at radius 2 is 1.18 bits per heavy atom. The first-order valence-electron chi connectivity index (χ1n) is 7.84. The lowest BCUT2D eigenvalue weighted by Crippen LogP contribution is -2.50. The molecule has 0 aliphatic carbocycles. The largest absolute Gasteiger partial charge is 0.358 e. The quantitative estimate of drug-likeness (QED) is 0.353. The van der Waals surface area contributed by atoms with Crippen LogP contribution in [0.2, 0.25) is 0 Å². The Labute approximate surface area is 134 Å². The van der Waals surface area contributed by atoms with Crippen molar-refractivity contribution in [2.24, 2.45) is 11.5 Å². The molecule has 6 N–H and O–H groups in total. The van der Waals surface area contributed by atoms with E-state index in [1.165, 1.54) is 0 Å². The van der Waals surface area contributed by atoms with Crippen LogP contribution >= 0.6 is 0 Å². The summed E-state index contributed by atoms with van der Waals surface area (Å²) < 4.78 is 0. The van der Waals surface area contributed by atoms with Gasteiger partial charge in [0.25, 0.3) is 0 Å². The minimum absolute atomic E-state index is 0.132. The van der Waals surface area contributed by atoms with Crippen LogP contribution in [-0.2, 0) is 9.59 Å². The first kappa shape index (κ1) is 20.6. The van der Waals surface area contributed by atoms with Crippen molar-refractivity contribution in [1.29, 1.82) is 0 Å². The molecule has 0 radical (unpaired) electrons. The normalized spacial score (nSPS) is 16.8. The van der Waals surface area contributed by atoms with Gasteiger partial charge in [-0.3, -0.25) is 9.59 Å². The van der Waals surface area contributed by atoms with Crippen LogP contribution in [-0.4, -0.2) is 37.0 Å². The summed E-state index contributed by atoms with van der Waals surface area (Å²) in [4.78, 5) is 23.0. The first-order chi connectivity index (χ1) is 10.2. The van der Waals surface area contributed by atoms with Crippen molar-refractivity contribution in [1.82, 2.24) is 10.6 Å². The summed E-state index contributed by atoms with van der Waals surface area (Å²) in [6.07, 6.45) is 8.98. The number of amides is 2. The second-order valence-corrected chi connectivity index (χ2v) is 6.25. The van der Waals surface area contributed by atoms with Crippen LogP contribution < -0.4 is 22.1 Å². The molecular weight excluding hydrogens is 280 g/mol. The zero-order valence-electron chi connectivity index (χ0n) is 14.4. The number of unbranched alkanes of at least 4 members (excludes halogenated alkanes) is 2. The van der Waals surface area contributed by atoms with Gasteiger partial charge in [0, 0.05) is 14.1 Å². The van der Waals surface area contributed by atoms with E-state index in [4.69, 9.17) is 11.5 Å². The van der Waals surface area contributed by atoms with Crippen molar-refractivity contribution in [3.63, 3.8) is 0 Å². The molecule has 2 atom stereocenters. The number of rotatable bonds is 10. The molecule has 0 spiro atoms. The molecule has 2 amide bonds. The number of likely N-dealkylation sites (N-methyl/N-ethyl adjacent to an activating group) is 2. The van der Waals surface area contributed by atoms with Crippen LogP contribution in [0.1, 0.15) is 52.4 Å². The van der Waals surface area contributed by atoms with Gasteiger partial charge < -0.3 is 22.1 Å². The van der Waals surface area contributed by atoms with Gasteiger partial charge >= 0.3 is 0 Å². The molecule has 0 saturated carbocycles. The molecule has 0 heterocycles. The smallest absolute Gasteiger partial charge is 0.239 e. The Morgan fingerprint density at radius 3 is 1.45 bits per heavy atom. The predicted octanol–water partition coefficient (Wildman–Crippen LogP) is 0.810. The predicted molar refractivity (Wildman–Crippen MR) is 90.2 cm³/mol. The molecular formula is C16H32N4O2. The van der Waals surface area contributed by atoms with Crippen molar-refractivity contribution >= 4 is 11.8 Å². The third-order valence-corrected chi connectivity index (χ3v) is 3.79. The van der Waals surface area contributed by atoms with Gasteiger partial charge in [-0.25, -0.2) is 0 Å². The van der Waals surface area contributed by atoms with Gasteiger partial charge in [0.2, 0.25) is 11.8 Å². The van der Waals surface area contributed by atoms with Crippen LogP contribution in [0.5, 0.6) is 0 Å². The second-order valence-electron chi connectivity index (χ2n) is 6.25. The zero-order chi connectivity index (χ0) is 17.2. The lowest BCUT2D eigenvalue weighted by Gasteiger charge is -2.22. The summed E-state index contributed by atoms with van der Waals surface area (Å²) in [5.74, 6) is -0.263. The van der Waals surface area contributed by atoms with Crippen LogP contribution in [0.25, 0.3) is 0 Å². The van der Waals surface area contributed by atoms with Crippen molar-refractivity contribution in [2.45, 2.75) is 63.5 Å². The van der Waals surface area contributed by atoms with Crippen molar-refractivity contribution in [3.05, 3.63) is 12.2 Å². The van der Waals surface area contributed by atoms with Gasteiger partial charge in [-0.2, -0.15) is 0 Å². The highest BCUT2D eigenvalue weighted by atomic mass is 16.2. The fourth-order valence-electron chi connectivity index (χ4n) is 2.21. The number of carbonyl (C=O) groups excluding carboxylic acids is 2. The number of nitrogens with two attached hydrogens (primary N) is 2. The monoisotopic (exact) mass is 312 g/mol. The average molecular weight is 312 g/mol. The Hall–Kier alpha value is -1.40. The summed E-state index contributed by atoms with van der Waals surface area (Å²) in [7, 11) is 3.19. The molecule has 0 bridgehead atoms. The maximum Gasteiger partial charge on any atom is 0.239 e. The third-order valence-electron chi connectivity index (χ3n) is 3.79. The van der Waals surface area contributed by atoms with E-state index in [2.05, 4.69) is 22.8 Å². The third kappa shape index (κ3) is 7.56. The molecule has 0 unspecified atom stereocenters. The van der Waals surface area contributed by atoms with E-state index < -0.39 is 11.1 Å². The van der Waals surface area contributed by atoms with E-state index in [1.807, 2.05) is 0 Å². The van der Waals surface area contributed by atoms with Gasteiger partial charge in [-0.1, -0.05) is 12.2 Å². The van der Waals surface area contributed by atoms with Gasteiger partial charge in [0.15, 0.2) is 0 Å². The number of allylic oxidation sites excluding steroid dienone is 2. The van der Waals surface area contributed by atoms with E-state index in [9.17, 15) is 9.59 Å². The fourth-order valence-corrected chi connectivity index (χ4v) is 2.21. The zero-order valence-corrected chi connectivity index (χ0v) is 14.4. The van der Waals surface area contributed by atoms with Crippen LogP contribution in [0.15, 0.2) is 12.2 Å². The van der Waals surface area contributed by atoms with Crippen molar-refractivity contribution in [3.8, 4) is 0 Å². The van der Waals surface area contributed by atoms with E-state index in [1.54, 1.807) is 27.9 Å². The molecule has 0 saturated heterocycles.